The zero-order chi connectivity index (χ0) is 26.1. The van der Waals surface area contributed by atoms with Crippen LogP contribution in [0.4, 0.5) is 13.2 Å². The molecule has 5 aliphatic rings. The van der Waals surface area contributed by atoms with Gasteiger partial charge in [0.25, 0.3) is 0 Å². The molecule has 0 aromatic heterocycles. The summed E-state index contributed by atoms with van der Waals surface area (Å²) < 4.78 is 44.6. The van der Waals surface area contributed by atoms with E-state index in [0.717, 1.165) is 17.5 Å². The highest BCUT2D eigenvalue weighted by Gasteiger charge is 2.77. The fourth-order valence-electron chi connectivity index (χ4n) is 7.28. The van der Waals surface area contributed by atoms with Crippen molar-refractivity contribution in [2.45, 2.75) is 87.3 Å². The highest BCUT2D eigenvalue weighted by Crippen LogP contribution is 2.67. The molecule has 1 saturated heterocycles. The lowest BCUT2D eigenvalue weighted by Crippen LogP contribution is -2.81. The monoisotopic (exact) mass is 515 g/mol. The maximum Gasteiger partial charge on any atom is 0.490 e. The fraction of sp³-hybridized carbons (Fsp3) is 0.720. The maximum atomic E-state index is 14.3. The molecule has 2 saturated carbocycles. The van der Waals surface area contributed by atoms with Crippen molar-refractivity contribution in [3.63, 3.8) is 0 Å². The molecule has 11 heteroatoms. The molecule has 1 aromatic carbocycles. The van der Waals surface area contributed by atoms with E-state index < -0.39 is 35.4 Å². The van der Waals surface area contributed by atoms with Crippen molar-refractivity contribution in [2.75, 3.05) is 19.7 Å². The number of aliphatic carboxylic acids is 1. The summed E-state index contributed by atoms with van der Waals surface area (Å²) in [5.41, 5.74) is 0.950. The van der Waals surface area contributed by atoms with Crippen LogP contribution in [0.15, 0.2) is 12.1 Å². The Morgan fingerprint density at radius 1 is 1.28 bits per heavy atom. The third-order valence-corrected chi connectivity index (χ3v) is 8.79. The number of aliphatic hydroxyl groups is 1. The molecule has 6 rings (SSSR count). The van der Waals surface area contributed by atoms with Crippen LogP contribution >= 0.6 is 0 Å². The van der Waals surface area contributed by atoms with Crippen molar-refractivity contribution < 1.29 is 47.4 Å². The number of phenols is 1. The first kappa shape index (κ1) is 25.6. The molecule has 36 heavy (non-hydrogen) atoms. The normalized spacial score (nSPS) is 37.9. The van der Waals surface area contributed by atoms with E-state index in [9.17, 15) is 28.6 Å². The van der Waals surface area contributed by atoms with Crippen molar-refractivity contribution >= 4 is 5.97 Å². The standard InChI is InChI=1S/C23H31NO5.C2HF3O2/c1-2-11-28-23-8-7-17(26)21-22(23)9-10-24(27,13-14-3-4-14)18(23)12-15-5-6-16(25)20(29-21)19(15)22;3-2(4,5)1(6)7/h5-6,14,17-18,21,25-26H,2-4,7-13H2,1H3;(H,6,7)/t17-,18+,21-,22-,23+,24?;/m0./s1. The molecule has 1 spiro atoms. The van der Waals surface area contributed by atoms with Gasteiger partial charge in [0, 0.05) is 30.9 Å². The molecule has 2 bridgehead atoms. The molecule has 6 atom stereocenters. The number of aliphatic hydroxyl groups excluding tert-OH is 1. The van der Waals surface area contributed by atoms with E-state index in [0.29, 0.717) is 57.0 Å². The Labute approximate surface area is 206 Å². The van der Waals surface area contributed by atoms with Crippen LogP contribution in [0.5, 0.6) is 11.5 Å². The molecule has 3 fully saturated rings. The van der Waals surface area contributed by atoms with Gasteiger partial charge in [0.15, 0.2) is 11.5 Å². The summed E-state index contributed by atoms with van der Waals surface area (Å²) >= 11 is 0. The number of hydrogen-bond donors (Lipinski definition) is 3. The molecular formula is C25H32F3NO7. The van der Waals surface area contributed by atoms with Crippen LogP contribution in [-0.4, -0.2) is 75.7 Å². The molecule has 1 unspecified atom stereocenters. The van der Waals surface area contributed by atoms with Crippen molar-refractivity contribution in [3.8, 4) is 11.5 Å². The lowest BCUT2D eigenvalue weighted by atomic mass is 9.48. The quantitative estimate of drug-likeness (QED) is 0.406. The Kier molecular flexibility index (Phi) is 6.02. The maximum absolute atomic E-state index is 14.3. The topological polar surface area (TPSA) is 119 Å². The number of likely N-dealkylation sites (tertiary alicyclic amines) is 1. The predicted molar refractivity (Wildman–Crippen MR) is 120 cm³/mol. The van der Waals surface area contributed by atoms with E-state index in [4.69, 9.17) is 19.4 Å². The number of hydrogen-bond acceptors (Lipinski definition) is 6. The van der Waals surface area contributed by atoms with Gasteiger partial charge in [0.2, 0.25) is 0 Å². The molecular weight excluding hydrogens is 483 g/mol. The van der Waals surface area contributed by atoms with Gasteiger partial charge in [0.1, 0.15) is 17.7 Å². The number of quaternary nitrogens is 1. The minimum atomic E-state index is -5.08. The smallest absolute Gasteiger partial charge is 0.490 e. The molecule has 0 amide bonds. The lowest BCUT2D eigenvalue weighted by Gasteiger charge is -2.69. The van der Waals surface area contributed by atoms with E-state index in [1.54, 1.807) is 6.07 Å². The number of halogens is 3. The average molecular weight is 516 g/mol. The first-order valence-corrected chi connectivity index (χ1v) is 12.6. The molecule has 8 nitrogen and oxygen atoms in total. The van der Waals surface area contributed by atoms with Gasteiger partial charge in [-0.2, -0.15) is 13.2 Å². The first-order valence-electron chi connectivity index (χ1n) is 12.6. The molecule has 3 aliphatic carbocycles. The number of hydroxylamine groups is 3. The second-order valence-corrected chi connectivity index (χ2v) is 10.9. The molecule has 3 N–H and O–H groups in total. The first-order chi connectivity index (χ1) is 16.9. The van der Waals surface area contributed by atoms with Gasteiger partial charge >= 0.3 is 12.1 Å². The van der Waals surface area contributed by atoms with Gasteiger partial charge in [-0.25, -0.2) is 4.79 Å². The Bertz CT molecular complexity index is 1040. The number of benzene rings is 1. The lowest BCUT2D eigenvalue weighted by molar-refractivity contribution is -0.924. The molecule has 2 aliphatic heterocycles. The number of rotatable bonds is 5. The predicted octanol–water partition coefficient (Wildman–Crippen LogP) is 3.40. The van der Waals surface area contributed by atoms with E-state index in [1.807, 2.05) is 6.07 Å². The summed E-state index contributed by atoms with van der Waals surface area (Å²) in [7, 11) is 0. The van der Waals surface area contributed by atoms with Crippen molar-refractivity contribution in [3.05, 3.63) is 28.5 Å². The van der Waals surface area contributed by atoms with Gasteiger partial charge in [-0.1, -0.05) is 13.0 Å². The minimum absolute atomic E-state index is 0.133. The summed E-state index contributed by atoms with van der Waals surface area (Å²) in [6.07, 6.45) is -0.357. The number of carboxylic acid groups (broad SMARTS) is 1. The van der Waals surface area contributed by atoms with Gasteiger partial charge in [-0.05, 0) is 43.7 Å². The van der Waals surface area contributed by atoms with Crippen LogP contribution in [0, 0.1) is 11.1 Å². The Morgan fingerprint density at radius 3 is 2.58 bits per heavy atom. The molecule has 2 heterocycles. The SMILES string of the molecule is CCCO[C@@]12CC[C@H](O)[C@@H]3Oc4c(O)ccc5c4[C@@]31CC[N+]([O-])(CC1CC1)[C@@H]2C5.O=C(O)C(F)(F)F. The second kappa shape index (κ2) is 8.47. The number of carboxylic acids is 1. The highest BCUT2D eigenvalue weighted by molar-refractivity contribution is 5.73. The van der Waals surface area contributed by atoms with E-state index in [2.05, 4.69) is 6.92 Å². The van der Waals surface area contributed by atoms with Crippen LogP contribution in [-0.2, 0) is 21.4 Å². The summed E-state index contributed by atoms with van der Waals surface area (Å²) in [5.74, 6) is -1.56. The number of carbonyl (C=O) groups is 1. The Hall–Kier alpha value is -2.08. The number of phenolic OH excluding ortho intramolecular Hbond substituents is 1. The average Bonchev–Trinajstić information content (AvgIpc) is 3.54. The molecule has 1 aromatic rings. The van der Waals surface area contributed by atoms with E-state index in [-0.39, 0.29) is 16.4 Å². The van der Waals surface area contributed by atoms with Gasteiger partial charge in [-0.3, -0.25) is 0 Å². The van der Waals surface area contributed by atoms with Crippen LogP contribution in [0.25, 0.3) is 0 Å². The van der Waals surface area contributed by atoms with Crippen molar-refractivity contribution in [1.82, 2.24) is 0 Å². The van der Waals surface area contributed by atoms with E-state index in [1.165, 1.54) is 12.8 Å². The zero-order valence-electron chi connectivity index (χ0n) is 20.1. The highest BCUT2D eigenvalue weighted by atomic mass is 19.4. The minimum Gasteiger partial charge on any atom is -0.632 e. The summed E-state index contributed by atoms with van der Waals surface area (Å²) in [6.45, 7) is 3.93. The summed E-state index contributed by atoms with van der Waals surface area (Å²) in [5, 5.41) is 43.0. The van der Waals surface area contributed by atoms with Gasteiger partial charge < -0.3 is 34.6 Å². The van der Waals surface area contributed by atoms with Crippen LogP contribution in [0.2, 0.25) is 0 Å². The third-order valence-electron chi connectivity index (χ3n) is 8.79. The van der Waals surface area contributed by atoms with Gasteiger partial charge in [-0.15, -0.1) is 0 Å². The fourth-order valence-corrected chi connectivity index (χ4v) is 7.28. The summed E-state index contributed by atoms with van der Waals surface area (Å²) in [4.78, 5) is 8.90. The summed E-state index contributed by atoms with van der Waals surface area (Å²) in [6, 6.07) is 3.47. The van der Waals surface area contributed by atoms with Crippen LogP contribution in [0.1, 0.15) is 56.6 Å². The zero-order valence-corrected chi connectivity index (χ0v) is 20.1. The largest absolute Gasteiger partial charge is 0.632 e. The van der Waals surface area contributed by atoms with E-state index >= 15 is 0 Å². The number of piperidine rings is 1. The third kappa shape index (κ3) is 3.61. The Balaban J connectivity index is 0.000000338. The molecule has 0 radical (unpaired) electrons. The number of alkyl halides is 3. The van der Waals surface area contributed by atoms with Gasteiger partial charge in [0.05, 0.1) is 24.6 Å². The van der Waals surface area contributed by atoms with Crippen molar-refractivity contribution in [1.29, 1.82) is 0 Å². The number of ether oxygens (including phenoxy) is 2. The Morgan fingerprint density at radius 2 is 1.97 bits per heavy atom. The van der Waals surface area contributed by atoms with Crippen molar-refractivity contribution in [2.24, 2.45) is 5.92 Å². The second-order valence-electron chi connectivity index (χ2n) is 10.9. The number of aromatic hydroxyl groups is 1. The van der Waals surface area contributed by atoms with Crippen LogP contribution in [0.3, 0.4) is 0 Å². The molecule has 200 valence electrons. The van der Waals surface area contributed by atoms with Crippen LogP contribution < -0.4 is 4.74 Å². The number of nitrogens with zero attached hydrogens (tertiary/aromatic N) is 1.